The Morgan fingerprint density at radius 2 is 2.07 bits per heavy atom. The third-order valence-corrected chi connectivity index (χ3v) is 3.23. The molecule has 0 fully saturated rings. The molecule has 0 bridgehead atoms. The van der Waals surface area contributed by atoms with Gasteiger partial charge in [-0.15, -0.1) is 0 Å². The summed E-state index contributed by atoms with van der Waals surface area (Å²) in [5.41, 5.74) is 0.782. The van der Waals surface area contributed by atoms with Crippen LogP contribution in [0.15, 0.2) is 22.7 Å². The molecule has 1 heterocycles. The summed E-state index contributed by atoms with van der Waals surface area (Å²) < 4.78 is 19.1. The van der Waals surface area contributed by atoms with Crippen LogP contribution in [0, 0.1) is 12.7 Å². The number of halogens is 2. The molecule has 1 aromatic heterocycles. The molecule has 0 saturated carbocycles. The predicted molar refractivity (Wildman–Crippen MR) is 60.7 cm³/mol. The Labute approximate surface area is 95.2 Å². The van der Waals surface area contributed by atoms with E-state index < -0.39 is 0 Å². The first-order valence-corrected chi connectivity index (χ1v) is 5.22. The van der Waals surface area contributed by atoms with Gasteiger partial charge in [0.25, 0.3) is 0 Å². The molecule has 0 aliphatic rings. The van der Waals surface area contributed by atoms with Gasteiger partial charge in [0.05, 0.1) is 12.8 Å². The van der Waals surface area contributed by atoms with Crippen LogP contribution in [0.3, 0.4) is 0 Å². The van der Waals surface area contributed by atoms with Crippen molar-refractivity contribution in [3.05, 3.63) is 34.2 Å². The molecule has 0 amide bonds. The van der Waals surface area contributed by atoms with E-state index in [0.717, 1.165) is 20.9 Å². The fourth-order valence-corrected chi connectivity index (χ4v) is 1.91. The van der Waals surface area contributed by atoms with Crippen LogP contribution in [-0.2, 0) is 0 Å². The van der Waals surface area contributed by atoms with Crippen molar-refractivity contribution in [1.29, 1.82) is 0 Å². The van der Waals surface area contributed by atoms with E-state index in [-0.39, 0.29) is 5.82 Å². The minimum absolute atomic E-state index is 0.268. The number of hydrogen-bond donors (Lipinski definition) is 0. The van der Waals surface area contributed by atoms with Crippen molar-refractivity contribution in [2.24, 2.45) is 0 Å². The topological polar surface area (TPSA) is 22.1 Å². The Kier molecular flexibility index (Phi) is 2.61. The van der Waals surface area contributed by atoms with Crippen molar-refractivity contribution in [2.45, 2.75) is 6.92 Å². The highest BCUT2D eigenvalue weighted by Crippen LogP contribution is 2.32. The zero-order chi connectivity index (χ0) is 11.0. The fourth-order valence-electron chi connectivity index (χ4n) is 1.50. The molecule has 0 spiro atoms. The van der Waals surface area contributed by atoms with Crippen LogP contribution >= 0.6 is 15.9 Å². The van der Waals surface area contributed by atoms with Crippen LogP contribution in [0.4, 0.5) is 4.39 Å². The van der Waals surface area contributed by atoms with Crippen LogP contribution < -0.4 is 4.74 Å². The normalized spacial score (nSPS) is 10.7. The van der Waals surface area contributed by atoms with Gasteiger partial charge in [0.1, 0.15) is 5.82 Å². The second kappa shape index (κ2) is 3.77. The maximum Gasteiger partial charge on any atom is 0.221 e. The van der Waals surface area contributed by atoms with Gasteiger partial charge in [-0.2, -0.15) is 0 Å². The van der Waals surface area contributed by atoms with Crippen LogP contribution in [-0.4, -0.2) is 12.1 Å². The van der Waals surface area contributed by atoms with Gasteiger partial charge in [0.15, 0.2) is 0 Å². The highest BCUT2D eigenvalue weighted by atomic mass is 79.9. The number of benzene rings is 1. The molecule has 2 aromatic rings. The lowest BCUT2D eigenvalue weighted by Crippen LogP contribution is -1.93. The molecule has 4 heteroatoms. The summed E-state index contributed by atoms with van der Waals surface area (Å²) >= 11 is 3.39. The monoisotopic (exact) mass is 269 g/mol. The van der Waals surface area contributed by atoms with Gasteiger partial charge in [0, 0.05) is 15.2 Å². The molecule has 0 unspecified atom stereocenters. The summed E-state index contributed by atoms with van der Waals surface area (Å²) in [6.45, 7) is 1.84. The van der Waals surface area contributed by atoms with Crippen LogP contribution in [0.2, 0.25) is 0 Å². The molecule has 0 N–H and O–H groups in total. The average molecular weight is 270 g/mol. The number of aromatic nitrogens is 1. The molecule has 78 valence electrons. The van der Waals surface area contributed by atoms with E-state index in [1.807, 2.05) is 6.92 Å². The number of rotatable bonds is 1. The Morgan fingerprint density at radius 3 is 2.73 bits per heavy atom. The summed E-state index contributed by atoms with van der Waals surface area (Å²) in [4.78, 5) is 4.26. The maximum absolute atomic E-state index is 13.1. The van der Waals surface area contributed by atoms with Crippen molar-refractivity contribution in [3.63, 3.8) is 0 Å². The van der Waals surface area contributed by atoms with Crippen molar-refractivity contribution in [1.82, 2.24) is 4.98 Å². The number of methoxy groups -OCH3 is 1. The first-order valence-electron chi connectivity index (χ1n) is 4.43. The number of fused-ring (bicyclic) bond motifs is 1. The lowest BCUT2D eigenvalue weighted by Gasteiger charge is -2.08. The van der Waals surface area contributed by atoms with Gasteiger partial charge in [-0.1, -0.05) is 0 Å². The number of hydrogen-bond acceptors (Lipinski definition) is 2. The Balaban J connectivity index is 2.90. The lowest BCUT2D eigenvalue weighted by atomic mass is 10.1. The van der Waals surface area contributed by atoms with Crippen molar-refractivity contribution in [3.8, 4) is 5.88 Å². The molecular formula is C11H9BrFNO. The van der Waals surface area contributed by atoms with Gasteiger partial charge >= 0.3 is 0 Å². The van der Waals surface area contributed by atoms with E-state index in [1.165, 1.54) is 12.1 Å². The minimum atomic E-state index is -0.268. The molecule has 2 rings (SSSR count). The second-order valence-corrected chi connectivity index (χ2v) is 4.00. The summed E-state index contributed by atoms with van der Waals surface area (Å²) in [5, 5.41) is 1.58. The lowest BCUT2D eigenvalue weighted by molar-refractivity contribution is 0.402. The smallest absolute Gasteiger partial charge is 0.221 e. The van der Waals surface area contributed by atoms with Crippen molar-refractivity contribution in [2.75, 3.05) is 7.11 Å². The molecule has 0 radical (unpaired) electrons. The van der Waals surface area contributed by atoms with E-state index >= 15 is 0 Å². The van der Waals surface area contributed by atoms with E-state index in [9.17, 15) is 4.39 Å². The second-order valence-electron chi connectivity index (χ2n) is 3.21. The van der Waals surface area contributed by atoms with E-state index in [1.54, 1.807) is 13.2 Å². The van der Waals surface area contributed by atoms with Crippen molar-refractivity contribution >= 4 is 26.7 Å². The summed E-state index contributed by atoms with van der Waals surface area (Å²) in [6, 6.07) is 4.53. The average Bonchev–Trinajstić information content (AvgIpc) is 2.23. The molecule has 0 aliphatic carbocycles. The van der Waals surface area contributed by atoms with E-state index in [4.69, 9.17) is 4.74 Å². The maximum atomic E-state index is 13.1. The first-order chi connectivity index (χ1) is 7.13. The highest BCUT2D eigenvalue weighted by molar-refractivity contribution is 9.10. The van der Waals surface area contributed by atoms with Crippen LogP contribution in [0.1, 0.15) is 5.69 Å². The molecule has 15 heavy (non-hydrogen) atoms. The Hall–Kier alpha value is -1.16. The Morgan fingerprint density at radius 1 is 1.33 bits per heavy atom. The van der Waals surface area contributed by atoms with Gasteiger partial charge in [-0.25, -0.2) is 9.37 Å². The molecule has 1 aromatic carbocycles. The fraction of sp³-hybridized carbons (Fsp3) is 0.182. The van der Waals surface area contributed by atoms with E-state index in [2.05, 4.69) is 20.9 Å². The van der Waals surface area contributed by atoms with Crippen molar-refractivity contribution < 1.29 is 9.13 Å². The molecule has 2 nitrogen and oxygen atoms in total. The molecular weight excluding hydrogens is 261 g/mol. The number of aryl methyl sites for hydroxylation is 1. The zero-order valence-electron chi connectivity index (χ0n) is 8.34. The molecule has 0 saturated heterocycles. The van der Waals surface area contributed by atoms with Gasteiger partial charge in [0.2, 0.25) is 5.88 Å². The van der Waals surface area contributed by atoms with Gasteiger partial charge in [-0.3, -0.25) is 0 Å². The number of ether oxygens (including phenoxy) is 1. The molecule has 0 atom stereocenters. The van der Waals surface area contributed by atoms with Gasteiger partial charge < -0.3 is 4.74 Å². The molecule has 0 aliphatic heterocycles. The minimum Gasteiger partial charge on any atom is -0.481 e. The predicted octanol–water partition coefficient (Wildman–Crippen LogP) is 3.45. The quantitative estimate of drug-likeness (QED) is 0.791. The number of pyridine rings is 1. The summed E-state index contributed by atoms with van der Waals surface area (Å²) in [7, 11) is 1.55. The summed E-state index contributed by atoms with van der Waals surface area (Å²) in [5.74, 6) is 0.251. The third kappa shape index (κ3) is 1.69. The Bertz CT molecular complexity index is 527. The van der Waals surface area contributed by atoms with Crippen LogP contribution in [0.25, 0.3) is 10.8 Å². The zero-order valence-corrected chi connectivity index (χ0v) is 9.93. The third-order valence-electron chi connectivity index (χ3n) is 2.23. The highest BCUT2D eigenvalue weighted by Gasteiger charge is 2.10. The largest absolute Gasteiger partial charge is 0.481 e. The SMILES string of the molecule is COc1nc(C)c(Br)c2cc(F)ccc12. The standard InChI is InChI=1S/C11H9BrFNO/c1-6-10(12)9-5-7(13)3-4-8(9)11(14-6)15-2/h3-5H,1-2H3. The number of nitrogens with zero attached hydrogens (tertiary/aromatic N) is 1. The first kappa shape index (κ1) is 10.4. The van der Waals surface area contributed by atoms with E-state index in [0.29, 0.717) is 5.88 Å². The summed E-state index contributed by atoms with van der Waals surface area (Å²) in [6.07, 6.45) is 0. The van der Waals surface area contributed by atoms with Crippen LogP contribution in [0.5, 0.6) is 5.88 Å². The van der Waals surface area contributed by atoms with Gasteiger partial charge in [-0.05, 0) is 41.1 Å².